The number of benzene rings is 1. The van der Waals surface area contributed by atoms with Gasteiger partial charge in [-0.2, -0.15) is 5.26 Å². The summed E-state index contributed by atoms with van der Waals surface area (Å²) in [7, 11) is 0. The lowest BCUT2D eigenvalue weighted by Gasteiger charge is -2.44. The van der Waals surface area contributed by atoms with Crippen molar-refractivity contribution in [1.82, 2.24) is 0 Å². The molecule has 1 saturated heterocycles. The molecule has 152 valence electrons. The number of ether oxygens (including phenoxy) is 2. The van der Waals surface area contributed by atoms with E-state index < -0.39 is 41.6 Å². The maximum Gasteiger partial charge on any atom is 0.200 e. The Balaban J connectivity index is 1.79. The molecule has 0 aromatic heterocycles. The minimum Gasteiger partial charge on any atom is -0.385 e. The first-order valence-electron chi connectivity index (χ1n) is 9.20. The molecule has 4 rings (SSSR count). The van der Waals surface area contributed by atoms with E-state index in [1.807, 2.05) is 0 Å². The van der Waals surface area contributed by atoms with Crippen LogP contribution >= 0.6 is 11.6 Å². The molecule has 0 saturated carbocycles. The molecular weight excluding hydrogens is 398 g/mol. The Morgan fingerprint density at radius 2 is 2.10 bits per heavy atom. The van der Waals surface area contributed by atoms with Crippen LogP contribution in [0, 0.1) is 11.3 Å². The van der Waals surface area contributed by atoms with E-state index in [9.17, 15) is 20.1 Å². The fourth-order valence-electron chi connectivity index (χ4n) is 4.10. The predicted molar refractivity (Wildman–Crippen MR) is 103 cm³/mol. The zero-order valence-electron chi connectivity index (χ0n) is 15.8. The average molecular weight is 418 g/mol. The number of carbonyl (C=O) groups is 1. The van der Waals surface area contributed by atoms with E-state index in [-0.39, 0.29) is 11.4 Å². The van der Waals surface area contributed by atoms with Gasteiger partial charge in [0.25, 0.3) is 0 Å². The van der Waals surface area contributed by atoms with Crippen LogP contribution in [0.2, 0.25) is 5.02 Å². The van der Waals surface area contributed by atoms with Gasteiger partial charge in [-0.1, -0.05) is 35.9 Å². The topological polar surface area (TPSA) is 120 Å². The number of fused-ring (bicyclic) bond motifs is 3. The fraction of sp³-hybridized carbons (Fsp3) is 0.429. The molecule has 0 spiro atoms. The molecule has 29 heavy (non-hydrogen) atoms. The number of rotatable bonds is 3. The van der Waals surface area contributed by atoms with Gasteiger partial charge in [0.1, 0.15) is 11.7 Å². The lowest BCUT2D eigenvalue weighted by molar-refractivity contribution is -0.297. The first kappa shape index (κ1) is 20.2. The van der Waals surface area contributed by atoms with E-state index in [4.69, 9.17) is 26.3 Å². The number of hydrogen-bond donors (Lipinski definition) is 3. The molecule has 0 radical (unpaired) electrons. The zero-order chi connectivity index (χ0) is 21.1. The van der Waals surface area contributed by atoms with Crippen molar-refractivity contribution in [2.45, 2.75) is 56.1 Å². The largest absolute Gasteiger partial charge is 0.385 e. The van der Waals surface area contributed by atoms with Gasteiger partial charge < -0.3 is 24.8 Å². The van der Waals surface area contributed by atoms with Crippen LogP contribution in [0.5, 0.6) is 0 Å². The number of aliphatic hydroxyl groups is 3. The lowest BCUT2D eigenvalue weighted by Crippen LogP contribution is -2.63. The highest BCUT2D eigenvalue weighted by Gasteiger charge is 2.57. The second-order valence-electron chi connectivity index (χ2n) is 7.70. The fourth-order valence-corrected chi connectivity index (χ4v) is 4.48. The van der Waals surface area contributed by atoms with E-state index in [1.165, 1.54) is 19.9 Å². The van der Waals surface area contributed by atoms with Gasteiger partial charge in [0.15, 0.2) is 23.8 Å². The van der Waals surface area contributed by atoms with Gasteiger partial charge in [-0.15, -0.1) is 0 Å². The second-order valence-corrected chi connectivity index (χ2v) is 8.08. The summed E-state index contributed by atoms with van der Waals surface area (Å²) in [6.45, 7) is 2.77. The van der Waals surface area contributed by atoms with Crippen LogP contribution in [0.25, 0.3) is 6.08 Å². The molecule has 6 atom stereocenters. The van der Waals surface area contributed by atoms with Crippen molar-refractivity contribution < 1.29 is 29.6 Å². The van der Waals surface area contributed by atoms with Crippen molar-refractivity contribution in [2.24, 2.45) is 0 Å². The normalized spacial score (nSPS) is 37.8. The standard InChI is InChI=1S/C21H20ClNO6/c1-10-20(2,27)18(26)17(25)19(28-10)29-21-13(5-6-14(21)24)9-12-4-3-11(7-8-23)16(22)15(12)21/h3-6,9-10,14,17,19,24-25,27H,7H2,1-2H3. The van der Waals surface area contributed by atoms with Crippen molar-refractivity contribution in [3.8, 4) is 6.07 Å². The van der Waals surface area contributed by atoms with Crippen LogP contribution in [-0.2, 0) is 26.3 Å². The van der Waals surface area contributed by atoms with E-state index in [0.717, 1.165) is 0 Å². The van der Waals surface area contributed by atoms with Gasteiger partial charge in [0.05, 0.1) is 23.6 Å². The first-order valence-corrected chi connectivity index (χ1v) is 9.57. The third kappa shape index (κ3) is 2.72. The summed E-state index contributed by atoms with van der Waals surface area (Å²) in [6.07, 6.45) is -0.219. The Morgan fingerprint density at radius 1 is 1.38 bits per heavy atom. The smallest absolute Gasteiger partial charge is 0.200 e. The summed E-state index contributed by atoms with van der Waals surface area (Å²) in [4.78, 5) is 12.4. The van der Waals surface area contributed by atoms with Crippen molar-refractivity contribution in [3.05, 3.63) is 51.6 Å². The van der Waals surface area contributed by atoms with Crippen molar-refractivity contribution in [2.75, 3.05) is 0 Å². The number of aliphatic hydroxyl groups excluding tert-OH is 2. The van der Waals surface area contributed by atoms with Crippen LogP contribution in [0.1, 0.15) is 30.5 Å². The Labute approximate surface area is 172 Å². The highest BCUT2D eigenvalue weighted by atomic mass is 35.5. The molecule has 2 aliphatic carbocycles. The Morgan fingerprint density at radius 3 is 2.79 bits per heavy atom. The molecule has 1 aliphatic heterocycles. The molecule has 1 aromatic rings. The summed E-state index contributed by atoms with van der Waals surface area (Å²) >= 11 is 6.60. The van der Waals surface area contributed by atoms with Crippen LogP contribution in [0.4, 0.5) is 0 Å². The van der Waals surface area contributed by atoms with Gasteiger partial charge in [-0.25, -0.2) is 0 Å². The van der Waals surface area contributed by atoms with E-state index in [0.29, 0.717) is 22.3 Å². The number of nitriles is 1. The van der Waals surface area contributed by atoms with Crippen LogP contribution in [-0.4, -0.2) is 51.3 Å². The number of nitrogens with zero attached hydrogens (tertiary/aromatic N) is 1. The van der Waals surface area contributed by atoms with Crippen LogP contribution in [0.15, 0.2) is 29.9 Å². The molecule has 3 N–H and O–H groups in total. The summed E-state index contributed by atoms with van der Waals surface area (Å²) in [5.41, 5.74) is -1.05. The molecular formula is C21H20ClNO6. The summed E-state index contributed by atoms with van der Waals surface area (Å²) in [5.74, 6) is -0.828. The van der Waals surface area contributed by atoms with Crippen molar-refractivity contribution in [3.63, 3.8) is 0 Å². The third-order valence-electron chi connectivity index (χ3n) is 5.97. The predicted octanol–water partition coefficient (Wildman–Crippen LogP) is 1.37. The molecule has 1 fully saturated rings. The van der Waals surface area contributed by atoms with Crippen molar-refractivity contribution in [1.29, 1.82) is 5.26 Å². The van der Waals surface area contributed by atoms with Crippen LogP contribution in [0.3, 0.4) is 0 Å². The molecule has 7 nitrogen and oxygen atoms in total. The maximum atomic E-state index is 12.4. The first-order chi connectivity index (χ1) is 13.6. The van der Waals surface area contributed by atoms with E-state index in [1.54, 1.807) is 24.3 Å². The molecule has 1 heterocycles. The number of ketones is 1. The SMILES string of the molecule is CC1OC(OC23C(=Cc4ccc(CC#N)c(Cl)c42)C=CC3O)C(O)C(=O)C1(C)O. The summed E-state index contributed by atoms with van der Waals surface area (Å²) in [6, 6.07) is 5.57. The van der Waals surface area contributed by atoms with Gasteiger partial charge in [0.2, 0.25) is 0 Å². The monoisotopic (exact) mass is 417 g/mol. The minimum atomic E-state index is -1.87. The molecule has 1 aromatic carbocycles. The Bertz CT molecular complexity index is 994. The summed E-state index contributed by atoms with van der Waals surface area (Å²) in [5, 5.41) is 40.9. The van der Waals surface area contributed by atoms with Gasteiger partial charge in [0, 0.05) is 5.56 Å². The quantitative estimate of drug-likeness (QED) is 0.679. The highest BCUT2D eigenvalue weighted by molar-refractivity contribution is 6.32. The highest BCUT2D eigenvalue weighted by Crippen LogP contribution is 2.54. The molecule has 8 heteroatoms. The second kappa shape index (κ2) is 6.74. The van der Waals surface area contributed by atoms with E-state index in [2.05, 4.69) is 6.07 Å². The molecule has 0 bridgehead atoms. The number of hydrogen-bond acceptors (Lipinski definition) is 7. The number of carbonyl (C=O) groups excluding carboxylic acids is 1. The number of halogens is 1. The summed E-state index contributed by atoms with van der Waals surface area (Å²) < 4.78 is 11.7. The molecule has 0 amide bonds. The van der Waals surface area contributed by atoms with Gasteiger partial charge in [-0.05, 0) is 36.6 Å². The third-order valence-corrected chi connectivity index (χ3v) is 6.40. The minimum absolute atomic E-state index is 0.0714. The molecule has 3 aliphatic rings. The van der Waals surface area contributed by atoms with Crippen molar-refractivity contribution >= 4 is 23.5 Å². The molecule has 6 unspecified atom stereocenters. The maximum absolute atomic E-state index is 12.4. The Hall–Kier alpha value is -2.05. The van der Waals surface area contributed by atoms with E-state index >= 15 is 0 Å². The number of Topliss-reactive ketones (excluding diaryl/α,β-unsaturated/α-hetero) is 1. The zero-order valence-corrected chi connectivity index (χ0v) is 16.6. The lowest BCUT2D eigenvalue weighted by atomic mass is 9.86. The Kier molecular flexibility index (Phi) is 4.70. The average Bonchev–Trinajstić information content (AvgIpc) is 3.15. The van der Waals surface area contributed by atoms with Gasteiger partial charge >= 0.3 is 0 Å². The van der Waals surface area contributed by atoms with Crippen LogP contribution < -0.4 is 0 Å². The van der Waals surface area contributed by atoms with Gasteiger partial charge in [-0.3, -0.25) is 4.79 Å².